The van der Waals surface area contributed by atoms with E-state index in [1.165, 1.54) is 0 Å². The molecule has 1 saturated carbocycles. The van der Waals surface area contributed by atoms with E-state index in [0.29, 0.717) is 31.5 Å². The van der Waals surface area contributed by atoms with Gasteiger partial charge < -0.3 is 5.32 Å². The van der Waals surface area contributed by atoms with Crippen LogP contribution in [0.15, 0.2) is 48.5 Å². The Morgan fingerprint density at radius 3 is 2.03 bits per heavy atom. The highest BCUT2D eigenvalue weighted by atomic mass is 19.4. The van der Waals surface area contributed by atoms with Crippen LogP contribution in [0.1, 0.15) is 59.9 Å². The van der Waals surface area contributed by atoms with E-state index in [4.69, 9.17) is 0 Å². The van der Waals surface area contributed by atoms with Crippen molar-refractivity contribution in [3.8, 4) is 0 Å². The highest BCUT2D eigenvalue weighted by Gasteiger charge is 2.54. The number of rotatable bonds is 2. The van der Waals surface area contributed by atoms with Gasteiger partial charge in [0.25, 0.3) is 0 Å². The van der Waals surface area contributed by atoms with Gasteiger partial charge in [0.1, 0.15) is 5.78 Å². The lowest BCUT2D eigenvalue weighted by Gasteiger charge is -2.41. The van der Waals surface area contributed by atoms with Gasteiger partial charge in [-0.3, -0.25) is 4.79 Å². The smallest absolute Gasteiger partial charge is 0.309 e. The Morgan fingerprint density at radius 2 is 1.45 bits per heavy atom. The number of ketones is 1. The monoisotopic (exact) mass is 441 g/mol. The quantitative estimate of drug-likeness (QED) is 0.556. The van der Waals surface area contributed by atoms with Crippen molar-refractivity contribution in [1.29, 1.82) is 0 Å². The fourth-order valence-corrected chi connectivity index (χ4v) is 5.11. The average Bonchev–Trinajstić information content (AvgIpc) is 3.04. The van der Waals surface area contributed by atoms with Crippen LogP contribution < -0.4 is 5.32 Å². The average molecular weight is 441 g/mol. The van der Waals surface area contributed by atoms with Gasteiger partial charge in [0, 0.05) is 17.4 Å². The first kappa shape index (κ1) is 21.9. The van der Waals surface area contributed by atoms with Crippen LogP contribution in [0.25, 0.3) is 0 Å². The molecule has 0 aromatic heterocycles. The molecule has 3 unspecified atom stereocenters. The van der Waals surface area contributed by atoms with E-state index in [1.54, 1.807) is 0 Å². The number of hydrogen-bond acceptors (Lipinski definition) is 2. The zero-order valence-electron chi connectivity index (χ0n) is 16.5. The maximum atomic E-state index is 13.6. The predicted molar refractivity (Wildman–Crippen MR) is 102 cm³/mol. The zero-order chi connectivity index (χ0) is 22.4. The van der Waals surface area contributed by atoms with E-state index < -0.39 is 34.8 Å². The van der Waals surface area contributed by atoms with E-state index in [9.17, 15) is 31.1 Å². The molecular weight excluding hydrogens is 420 g/mol. The predicted octanol–water partition coefficient (Wildman–Crippen LogP) is 6.28. The van der Waals surface area contributed by atoms with Crippen molar-refractivity contribution in [2.24, 2.45) is 5.41 Å². The Bertz CT molecular complexity index is 936. The lowest BCUT2D eigenvalue weighted by Crippen LogP contribution is -2.46. The van der Waals surface area contributed by atoms with Crippen molar-refractivity contribution in [3.63, 3.8) is 0 Å². The van der Waals surface area contributed by atoms with Crippen LogP contribution >= 0.6 is 0 Å². The van der Waals surface area contributed by atoms with Crippen molar-refractivity contribution >= 4 is 5.78 Å². The minimum atomic E-state index is -4.94. The molecule has 8 heteroatoms. The second-order valence-electron chi connectivity index (χ2n) is 8.35. The molecule has 0 radical (unpaired) electrons. The van der Waals surface area contributed by atoms with Gasteiger partial charge in [0.2, 0.25) is 0 Å². The Balaban J connectivity index is 1.75. The number of halogens is 6. The molecular formula is C23H21F6NO. The van der Waals surface area contributed by atoms with E-state index in [2.05, 4.69) is 5.32 Å². The van der Waals surface area contributed by atoms with Crippen molar-refractivity contribution in [2.45, 2.75) is 50.0 Å². The highest BCUT2D eigenvalue weighted by Crippen LogP contribution is 2.55. The Labute approximate surface area is 175 Å². The normalized spacial score (nSPS) is 27.1. The second kappa shape index (κ2) is 7.65. The van der Waals surface area contributed by atoms with E-state index >= 15 is 0 Å². The SMILES string of the molecule is O=C1C(c2cc(C(F)(F)F)cc(C(F)(F)F)c2)CCC12CCCNC2c1ccccc1. The standard InChI is InChI=1S/C23H21F6NO/c24-22(25,26)16-11-15(12-17(13-16)23(27,28)29)18-7-9-21(20(18)31)8-4-10-30-19(21)14-5-2-1-3-6-14/h1-3,5-6,11-13,18-19,30H,4,7-10H2. The van der Waals surface area contributed by atoms with Crippen molar-refractivity contribution in [3.05, 3.63) is 70.8 Å². The molecule has 0 bridgehead atoms. The summed E-state index contributed by atoms with van der Waals surface area (Å²) in [5.41, 5.74) is -2.91. The van der Waals surface area contributed by atoms with Crippen LogP contribution in [0.3, 0.4) is 0 Å². The molecule has 2 aromatic carbocycles. The lowest BCUT2D eigenvalue weighted by molar-refractivity contribution is -0.143. The summed E-state index contributed by atoms with van der Waals surface area (Å²) in [6.07, 6.45) is -7.95. The van der Waals surface area contributed by atoms with Gasteiger partial charge in [0.15, 0.2) is 0 Å². The largest absolute Gasteiger partial charge is 0.416 e. The topological polar surface area (TPSA) is 29.1 Å². The van der Waals surface area contributed by atoms with Crippen molar-refractivity contribution < 1.29 is 31.1 Å². The summed E-state index contributed by atoms with van der Waals surface area (Å²) >= 11 is 0. The summed E-state index contributed by atoms with van der Waals surface area (Å²) in [6.45, 7) is 0.695. The number of carbonyl (C=O) groups excluding carboxylic acids is 1. The Kier molecular flexibility index (Phi) is 5.40. The summed E-state index contributed by atoms with van der Waals surface area (Å²) in [7, 11) is 0. The molecule has 1 aliphatic carbocycles. The maximum Gasteiger partial charge on any atom is 0.416 e. The van der Waals surface area contributed by atoms with Gasteiger partial charge in [0.05, 0.1) is 11.1 Å². The number of nitrogens with one attached hydrogen (secondary N) is 1. The Hall–Kier alpha value is -2.35. The first-order valence-corrected chi connectivity index (χ1v) is 10.1. The zero-order valence-corrected chi connectivity index (χ0v) is 16.5. The first-order valence-electron chi connectivity index (χ1n) is 10.1. The number of benzene rings is 2. The van der Waals surface area contributed by atoms with Crippen molar-refractivity contribution in [1.82, 2.24) is 5.32 Å². The number of carbonyl (C=O) groups is 1. The number of hydrogen-bond donors (Lipinski definition) is 1. The third kappa shape index (κ3) is 3.97. The fraction of sp³-hybridized carbons (Fsp3) is 0.435. The van der Waals surface area contributed by atoms with Crippen LogP contribution in [-0.2, 0) is 17.1 Å². The van der Waals surface area contributed by atoms with Crippen LogP contribution in [0.2, 0.25) is 0 Å². The molecule has 1 saturated heterocycles. The minimum Gasteiger partial charge on any atom is -0.309 e. The third-order valence-corrected chi connectivity index (χ3v) is 6.53. The van der Waals surface area contributed by atoms with Gasteiger partial charge in [-0.25, -0.2) is 0 Å². The maximum absolute atomic E-state index is 13.6. The summed E-state index contributed by atoms with van der Waals surface area (Å²) < 4.78 is 79.7. The number of alkyl halides is 6. The van der Waals surface area contributed by atoms with Gasteiger partial charge in [-0.2, -0.15) is 26.3 Å². The lowest BCUT2D eigenvalue weighted by atomic mass is 9.68. The Morgan fingerprint density at radius 1 is 0.839 bits per heavy atom. The van der Waals surface area contributed by atoms with Gasteiger partial charge in [-0.05, 0) is 61.6 Å². The summed E-state index contributed by atoms with van der Waals surface area (Å²) in [4.78, 5) is 13.6. The molecule has 1 heterocycles. The molecule has 1 spiro atoms. The van der Waals surface area contributed by atoms with E-state index in [-0.39, 0.29) is 29.9 Å². The molecule has 166 valence electrons. The number of piperidine rings is 1. The van der Waals surface area contributed by atoms with Gasteiger partial charge in [-0.1, -0.05) is 30.3 Å². The van der Waals surface area contributed by atoms with Gasteiger partial charge >= 0.3 is 12.4 Å². The summed E-state index contributed by atoms with van der Waals surface area (Å²) in [6, 6.07) is 10.5. The van der Waals surface area contributed by atoms with Crippen LogP contribution in [0.5, 0.6) is 0 Å². The molecule has 2 fully saturated rings. The molecule has 1 aliphatic heterocycles. The molecule has 2 aromatic rings. The third-order valence-electron chi connectivity index (χ3n) is 6.53. The van der Waals surface area contributed by atoms with E-state index in [1.807, 2.05) is 30.3 Å². The van der Waals surface area contributed by atoms with Crippen LogP contribution in [-0.4, -0.2) is 12.3 Å². The summed E-state index contributed by atoms with van der Waals surface area (Å²) in [5.74, 6) is -1.27. The fourth-order valence-electron chi connectivity index (χ4n) is 5.11. The second-order valence-corrected chi connectivity index (χ2v) is 8.35. The van der Waals surface area contributed by atoms with Crippen LogP contribution in [0, 0.1) is 5.41 Å². The van der Waals surface area contributed by atoms with Gasteiger partial charge in [-0.15, -0.1) is 0 Å². The number of Topliss-reactive ketones (excluding diaryl/α,β-unsaturated/α-hetero) is 1. The first-order chi connectivity index (χ1) is 14.5. The minimum absolute atomic E-state index is 0.105. The molecule has 31 heavy (non-hydrogen) atoms. The molecule has 3 atom stereocenters. The van der Waals surface area contributed by atoms with E-state index in [0.717, 1.165) is 12.0 Å². The molecule has 4 rings (SSSR count). The molecule has 2 nitrogen and oxygen atoms in total. The highest BCUT2D eigenvalue weighted by molar-refractivity contribution is 5.94. The molecule has 1 N–H and O–H groups in total. The molecule has 2 aliphatic rings. The van der Waals surface area contributed by atoms with Crippen LogP contribution in [0.4, 0.5) is 26.3 Å². The van der Waals surface area contributed by atoms with Crippen molar-refractivity contribution in [2.75, 3.05) is 6.54 Å². The molecule has 0 amide bonds. The summed E-state index contributed by atoms with van der Waals surface area (Å²) in [5, 5.41) is 3.36.